The molecule has 0 aliphatic carbocycles. The zero-order valence-corrected chi connectivity index (χ0v) is 37.7. The Morgan fingerprint density at radius 3 is 0.837 bits per heavy atom. The summed E-state index contributed by atoms with van der Waals surface area (Å²) in [6.45, 7) is 44.2. The van der Waals surface area contributed by atoms with Crippen LogP contribution in [-0.4, -0.2) is 69.9 Å². The largest absolute Gasteiger partial charge is 0.798 e. The summed E-state index contributed by atoms with van der Waals surface area (Å²) in [6.07, 6.45) is 7.76. The Labute approximate surface area is 303 Å². The molecule has 0 saturated heterocycles. The van der Waals surface area contributed by atoms with Crippen molar-refractivity contribution >= 4 is 50.4 Å². The van der Waals surface area contributed by atoms with Crippen LogP contribution in [0.15, 0.2) is 29.2 Å². The number of benzene rings is 1. The van der Waals surface area contributed by atoms with Crippen LogP contribution in [0.4, 0.5) is 0 Å². The van der Waals surface area contributed by atoms with E-state index in [0.29, 0.717) is 0 Å². The number of hydrogen-bond donors (Lipinski definition) is 0. The van der Waals surface area contributed by atoms with Crippen LogP contribution < -0.4 is 0 Å². The Kier molecular flexibility index (Phi) is 34.7. The Balaban J connectivity index is -0.000000268. The normalized spacial score (nSPS) is 11.6. The second-order valence-corrected chi connectivity index (χ2v) is 30.5. The predicted molar refractivity (Wildman–Crippen MR) is 215 cm³/mol. The van der Waals surface area contributed by atoms with Crippen LogP contribution in [0.2, 0.25) is 0 Å². The van der Waals surface area contributed by atoms with E-state index in [4.69, 9.17) is 19.2 Å². The van der Waals surface area contributed by atoms with Crippen LogP contribution in [0.5, 0.6) is 0 Å². The fourth-order valence-corrected chi connectivity index (χ4v) is 21.0. The van der Waals surface area contributed by atoms with Gasteiger partial charge >= 0.3 is 0 Å². The average Bonchev–Trinajstić information content (AvgIpc) is 2.83. The molecule has 0 saturated carbocycles. The smallest absolute Gasteiger partial charge is 0.0910 e. The van der Waals surface area contributed by atoms with Crippen LogP contribution in [0.3, 0.4) is 0 Å². The molecule has 0 bridgehead atoms. The van der Waals surface area contributed by atoms with Gasteiger partial charge in [0.2, 0.25) is 0 Å². The van der Waals surface area contributed by atoms with E-state index in [1.165, 1.54) is 6.08 Å². The third-order valence-electron chi connectivity index (χ3n) is 8.44. The quantitative estimate of drug-likeness (QED) is 0.0739. The van der Waals surface area contributed by atoms with Crippen molar-refractivity contribution in [2.75, 3.05) is 24.6 Å². The van der Waals surface area contributed by atoms with Gasteiger partial charge in [0, 0.05) is 64.7 Å². The minimum Gasteiger partial charge on any atom is -0.798 e. The molecule has 7 heteroatoms. The van der Waals surface area contributed by atoms with Crippen molar-refractivity contribution < 1.29 is 33.0 Å². The van der Waals surface area contributed by atoms with E-state index in [9.17, 15) is 0 Å². The third-order valence-corrected chi connectivity index (χ3v) is 25.0. The van der Waals surface area contributed by atoms with Crippen molar-refractivity contribution in [1.82, 2.24) is 0 Å². The molecule has 0 spiro atoms. The maximum Gasteiger partial charge on any atom is 0.0910 e. The molecule has 0 radical (unpaired) electrons. The first-order valence-corrected chi connectivity index (χ1v) is 24.5. The Bertz CT molecular complexity index is 670. The molecule has 1 aromatic rings. The first-order valence-electron chi connectivity index (χ1n) is 16.6. The zero-order valence-electron chi connectivity index (χ0n) is 31.0. The van der Waals surface area contributed by atoms with Crippen LogP contribution in [0, 0.1) is 6.58 Å². The third kappa shape index (κ3) is 23.8. The molecule has 1 aromatic carbocycles. The second-order valence-electron chi connectivity index (χ2n) is 14.2. The van der Waals surface area contributed by atoms with Gasteiger partial charge in [0.15, 0.2) is 0 Å². The van der Waals surface area contributed by atoms with E-state index in [-0.39, 0.29) is 64.7 Å². The molecule has 262 valence electrons. The molecule has 0 fully saturated rings. The Hall–Kier alpha value is 1.89. The van der Waals surface area contributed by atoms with E-state index in [0.717, 1.165) is 55.7 Å². The number of hydrogen-bond acceptors (Lipinski definition) is 1. The van der Waals surface area contributed by atoms with Crippen molar-refractivity contribution in [3.05, 3.63) is 36.4 Å². The molecule has 0 heterocycles. The van der Waals surface area contributed by atoms with Gasteiger partial charge in [-0.2, -0.15) is 5.56 Å². The van der Waals surface area contributed by atoms with Gasteiger partial charge in [-0.25, -0.2) is 6.08 Å². The summed E-state index contributed by atoms with van der Waals surface area (Å²) in [5.74, 6) is 0. The van der Waals surface area contributed by atoms with Crippen LogP contribution >= 0.6 is 31.7 Å². The van der Waals surface area contributed by atoms with Crippen LogP contribution in [0.1, 0.15) is 116 Å². The van der Waals surface area contributed by atoms with E-state index < -0.39 is 0 Å². The zero-order chi connectivity index (χ0) is 32.4. The van der Waals surface area contributed by atoms with E-state index in [1.54, 1.807) is 24.6 Å². The minimum absolute atomic E-state index is 0. The van der Waals surface area contributed by atoms with Gasteiger partial charge < -0.3 is 12.6 Å². The molecule has 0 nitrogen and oxygen atoms in total. The van der Waals surface area contributed by atoms with Crippen LogP contribution in [0.25, 0.3) is 6.08 Å². The molecule has 0 aliphatic heterocycles. The van der Waals surface area contributed by atoms with Gasteiger partial charge in [-0.15, -0.1) is 6.07 Å². The van der Waals surface area contributed by atoms with E-state index >= 15 is 0 Å². The summed E-state index contributed by atoms with van der Waals surface area (Å²) in [5, 5.41) is 0. The molecule has 0 atom stereocenters. The van der Waals surface area contributed by atoms with Gasteiger partial charge in [0.25, 0.3) is 0 Å². The van der Waals surface area contributed by atoms with E-state index in [1.807, 2.05) is 24.3 Å². The predicted octanol–water partition coefficient (Wildman–Crippen LogP) is 12.1. The summed E-state index contributed by atoms with van der Waals surface area (Å²) < 4.78 is 0. The minimum atomic E-state index is -0.114. The number of rotatable bonds is 15. The summed E-state index contributed by atoms with van der Waals surface area (Å²) in [6, 6.07) is 7.56. The second kappa shape index (κ2) is 28.9. The summed E-state index contributed by atoms with van der Waals surface area (Å²) >= 11 is 4.94. The van der Waals surface area contributed by atoms with E-state index in [2.05, 4.69) is 111 Å². The molecule has 0 amide bonds. The first kappa shape index (κ1) is 51.7. The fourth-order valence-electron chi connectivity index (χ4n) is 6.17. The Morgan fingerprint density at radius 1 is 0.488 bits per heavy atom. The molecule has 0 unspecified atom stereocenters. The van der Waals surface area contributed by atoms with Gasteiger partial charge in [0.05, 0.1) is 69.9 Å². The van der Waals surface area contributed by atoms with Crippen molar-refractivity contribution in [3.63, 3.8) is 0 Å². The van der Waals surface area contributed by atoms with Crippen molar-refractivity contribution in [2.45, 2.75) is 161 Å². The summed E-state index contributed by atoms with van der Waals surface area (Å²) in [5.41, 5.74) is 8.54. The van der Waals surface area contributed by atoms with Crippen molar-refractivity contribution in [2.24, 2.45) is 0 Å². The SMILES string of the molecule is CC(C)[PH+](CC[PH+](C(C)C)C(C)C)C(C)C.CC(C)[PH+](CC[PH+](C(C)C)C(C)C)C(C)C.[CH-]=Cc1ccccc1[S-].[Ni].[Ni]. The monoisotopic (exact) mass is 778 g/mol. The molecule has 0 aromatic heterocycles. The Morgan fingerprint density at radius 2 is 0.698 bits per heavy atom. The van der Waals surface area contributed by atoms with Crippen molar-refractivity contribution in [1.29, 1.82) is 0 Å². The molecule has 1 rings (SSSR count). The van der Waals surface area contributed by atoms with Gasteiger partial charge in [-0.05, 0) is 111 Å². The molecule has 43 heavy (non-hydrogen) atoms. The molecule has 0 aliphatic rings. The topological polar surface area (TPSA) is 0 Å². The van der Waals surface area contributed by atoms with Gasteiger partial charge in [-0.1, -0.05) is 18.2 Å². The molecular formula is C36H74Ni2P4S+2. The molecule has 0 N–H and O–H groups in total. The maximum absolute atomic E-state index is 5.26. The first-order chi connectivity index (χ1) is 18.9. The van der Waals surface area contributed by atoms with Crippen molar-refractivity contribution in [3.8, 4) is 0 Å². The average molecular weight is 780 g/mol. The van der Waals surface area contributed by atoms with Crippen LogP contribution in [-0.2, 0) is 45.6 Å². The van der Waals surface area contributed by atoms with Gasteiger partial charge in [-0.3, -0.25) is 11.5 Å². The standard InChI is InChI=1S/2C14H32P2.C8H7S.2Ni/c2*1-11(2)15(12(3)4)9-10-16(13(5)6)14(7)8;1-2-7-5-3-4-6-8(7)9;;/h2*11-14H,9-10H2,1-8H3;1-6,9H;;/q;;-1;;/p+3. The summed E-state index contributed by atoms with van der Waals surface area (Å²) in [4.78, 5) is 0.806. The van der Waals surface area contributed by atoms with Gasteiger partial charge in [0.1, 0.15) is 0 Å². The summed E-state index contributed by atoms with van der Waals surface area (Å²) in [7, 11) is -0.458. The fraction of sp³-hybridized carbons (Fsp3) is 0.778. The molecular weight excluding hydrogens is 706 g/mol. The maximum atomic E-state index is 5.26.